The summed E-state index contributed by atoms with van der Waals surface area (Å²) in [6.45, 7) is 2.54. The van der Waals surface area contributed by atoms with Crippen LogP contribution in [0.25, 0.3) is 0 Å². The number of carbonyl (C=O) groups excluding carboxylic acids is 1. The molecule has 9 heteroatoms. The van der Waals surface area contributed by atoms with Crippen LogP contribution >= 0.6 is 23.1 Å². The van der Waals surface area contributed by atoms with Crippen LogP contribution < -0.4 is 0 Å². The molecule has 1 saturated heterocycles. The van der Waals surface area contributed by atoms with Crippen molar-refractivity contribution in [2.45, 2.75) is 31.4 Å². The fraction of sp³-hybridized carbons (Fsp3) is 0.471. The van der Waals surface area contributed by atoms with E-state index in [0.29, 0.717) is 40.5 Å². The Labute approximate surface area is 162 Å². The molecule has 1 atom stereocenters. The van der Waals surface area contributed by atoms with E-state index in [2.05, 4.69) is 9.59 Å². The van der Waals surface area contributed by atoms with Gasteiger partial charge in [-0.25, -0.2) is 8.42 Å². The number of halogens is 1. The molecule has 26 heavy (non-hydrogen) atoms. The Hall–Kier alpha value is -1.51. The lowest BCUT2D eigenvalue weighted by Gasteiger charge is -2.19. The molecule has 1 aromatic heterocycles. The van der Waals surface area contributed by atoms with E-state index in [0.717, 1.165) is 18.0 Å². The number of sulfone groups is 1. The number of aromatic nitrogens is 2. The van der Waals surface area contributed by atoms with Gasteiger partial charge in [-0.05, 0) is 36.0 Å². The van der Waals surface area contributed by atoms with Gasteiger partial charge in [0.2, 0.25) is 0 Å². The van der Waals surface area contributed by atoms with Crippen LogP contribution in [-0.2, 0) is 16.3 Å². The van der Waals surface area contributed by atoms with E-state index >= 15 is 0 Å². The molecule has 140 valence electrons. The maximum atomic E-state index is 12.9. The fourth-order valence-corrected chi connectivity index (χ4v) is 5.97. The number of aryl methyl sites for hydroxylation is 1. The lowest BCUT2D eigenvalue weighted by molar-refractivity contribution is 0.0770. The van der Waals surface area contributed by atoms with Gasteiger partial charge in [0.25, 0.3) is 5.91 Å². The lowest BCUT2D eigenvalue weighted by Crippen LogP contribution is -2.33. The molecule has 0 bridgehead atoms. The molecule has 1 fully saturated rings. The SMILES string of the molecule is CCCc1nnsc1C(=O)N1CCC(c2ccccc2Cl)S(=O)(=O)CC1. The van der Waals surface area contributed by atoms with Crippen LogP contribution in [0.4, 0.5) is 0 Å². The first-order valence-corrected chi connectivity index (χ1v) is 11.4. The third-order valence-corrected chi connectivity index (χ3v) is 7.73. The molecule has 0 aliphatic carbocycles. The zero-order valence-electron chi connectivity index (χ0n) is 14.4. The zero-order valence-corrected chi connectivity index (χ0v) is 16.8. The monoisotopic (exact) mass is 413 g/mol. The molecule has 0 spiro atoms. The summed E-state index contributed by atoms with van der Waals surface area (Å²) in [5, 5.41) is 3.78. The van der Waals surface area contributed by atoms with Crippen LogP contribution in [0.2, 0.25) is 5.02 Å². The quantitative estimate of drug-likeness (QED) is 0.769. The van der Waals surface area contributed by atoms with Gasteiger partial charge in [0.05, 0.1) is 16.7 Å². The summed E-state index contributed by atoms with van der Waals surface area (Å²) in [4.78, 5) is 15.0. The highest BCUT2D eigenvalue weighted by atomic mass is 35.5. The average Bonchev–Trinajstić information content (AvgIpc) is 3.00. The maximum Gasteiger partial charge on any atom is 0.267 e. The molecule has 0 N–H and O–H groups in total. The molecule has 2 aromatic rings. The molecule has 0 radical (unpaired) electrons. The number of benzene rings is 1. The number of nitrogens with zero attached hydrogens (tertiary/aromatic N) is 3. The first kappa shape index (κ1) is 19.3. The van der Waals surface area contributed by atoms with E-state index in [-0.39, 0.29) is 18.2 Å². The summed E-state index contributed by atoms with van der Waals surface area (Å²) in [6.07, 6.45) is 1.88. The molecular formula is C17H20ClN3O3S2. The summed E-state index contributed by atoms with van der Waals surface area (Å²) < 4.78 is 29.4. The van der Waals surface area contributed by atoms with E-state index in [1.54, 1.807) is 29.2 Å². The van der Waals surface area contributed by atoms with Gasteiger partial charge >= 0.3 is 0 Å². The molecule has 1 aliphatic heterocycles. The van der Waals surface area contributed by atoms with Crippen LogP contribution in [0, 0.1) is 0 Å². The normalized spacial score (nSPS) is 19.9. The molecule has 0 saturated carbocycles. The van der Waals surface area contributed by atoms with Crippen LogP contribution in [0.3, 0.4) is 0 Å². The highest BCUT2D eigenvalue weighted by Gasteiger charge is 2.34. The average molecular weight is 414 g/mol. The molecule has 1 aliphatic rings. The Morgan fingerprint density at radius 2 is 2.12 bits per heavy atom. The maximum absolute atomic E-state index is 12.9. The van der Waals surface area contributed by atoms with Gasteiger partial charge in [-0.3, -0.25) is 4.79 Å². The summed E-state index contributed by atoms with van der Waals surface area (Å²) >= 11 is 7.29. The lowest BCUT2D eigenvalue weighted by atomic mass is 10.1. The number of hydrogen-bond acceptors (Lipinski definition) is 6. The van der Waals surface area contributed by atoms with Gasteiger partial charge in [-0.1, -0.05) is 47.6 Å². The Balaban J connectivity index is 1.83. The summed E-state index contributed by atoms with van der Waals surface area (Å²) in [6, 6.07) is 7.00. The number of carbonyl (C=O) groups is 1. The molecule has 3 rings (SSSR count). The van der Waals surface area contributed by atoms with Gasteiger partial charge in [-0.15, -0.1) is 5.10 Å². The van der Waals surface area contributed by atoms with Crippen molar-refractivity contribution in [2.24, 2.45) is 0 Å². The summed E-state index contributed by atoms with van der Waals surface area (Å²) in [5.41, 5.74) is 1.30. The fourth-order valence-electron chi connectivity index (χ4n) is 3.15. The number of hydrogen-bond donors (Lipinski definition) is 0. The van der Waals surface area contributed by atoms with E-state index in [4.69, 9.17) is 11.6 Å². The molecular weight excluding hydrogens is 394 g/mol. The minimum absolute atomic E-state index is 0.0794. The topological polar surface area (TPSA) is 80.2 Å². The summed E-state index contributed by atoms with van der Waals surface area (Å²) in [7, 11) is -3.40. The van der Waals surface area contributed by atoms with E-state index in [9.17, 15) is 13.2 Å². The van der Waals surface area contributed by atoms with Crippen molar-refractivity contribution < 1.29 is 13.2 Å². The third-order valence-electron chi connectivity index (χ3n) is 4.52. The zero-order chi connectivity index (χ0) is 18.7. The Bertz CT molecular complexity index is 898. The predicted octanol–water partition coefficient (Wildman–Crippen LogP) is 3.15. The van der Waals surface area contributed by atoms with Gasteiger partial charge in [0, 0.05) is 18.1 Å². The molecule has 1 aromatic carbocycles. The highest BCUT2D eigenvalue weighted by molar-refractivity contribution is 7.91. The highest BCUT2D eigenvalue weighted by Crippen LogP contribution is 2.34. The third kappa shape index (κ3) is 3.92. The molecule has 6 nitrogen and oxygen atoms in total. The van der Waals surface area contributed by atoms with Crippen molar-refractivity contribution in [2.75, 3.05) is 18.8 Å². The largest absolute Gasteiger partial charge is 0.337 e. The van der Waals surface area contributed by atoms with Gasteiger partial charge in [0.15, 0.2) is 9.84 Å². The smallest absolute Gasteiger partial charge is 0.267 e. The van der Waals surface area contributed by atoms with Crippen molar-refractivity contribution in [3.8, 4) is 0 Å². The van der Waals surface area contributed by atoms with Gasteiger partial charge < -0.3 is 4.90 Å². The van der Waals surface area contributed by atoms with E-state index in [1.165, 1.54) is 0 Å². The first-order chi connectivity index (χ1) is 12.4. The first-order valence-electron chi connectivity index (χ1n) is 8.50. The standard InChI is InChI=1S/C17H20ClN3O3S2/c1-2-5-14-16(25-20-19-14)17(22)21-9-8-15(26(23,24)11-10-21)12-6-3-4-7-13(12)18/h3-4,6-7,15H,2,5,8-11H2,1H3. The van der Waals surface area contributed by atoms with Crippen LogP contribution in [0.1, 0.15) is 45.9 Å². The molecule has 2 heterocycles. The van der Waals surface area contributed by atoms with E-state index < -0.39 is 15.1 Å². The Kier molecular flexibility index (Phi) is 5.94. The van der Waals surface area contributed by atoms with Crippen molar-refractivity contribution >= 4 is 38.9 Å². The van der Waals surface area contributed by atoms with Gasteiger partial charge in [0.1, 0.15) is 4.88 Å². The minimum Gasteiger partial charge on any atom is -0.337 e. The number of rotatable bonds is 4. The van der Waals surface area contributed by atoms with Gasteiger partial charge in [-0.2, -0.15) is 0 Å². The predicted molar refractivity (Wildman–Crippen MR) is 102 cm³/mol. The molecule has 1 amide bonds. The number of amides is 1. The van der Waals surface area contributed by atoms with Crippen LogP contribution in [0.15, 0.2) is 24.3 Å². The van der Waals surface area contributed by atoms with E-state index in [1.807, 2.05) is 6.92 Å². The van der Waals surface area contributed by atoms with Crippen LogP contribution in [-0.4, -0.2) is 47.7 Å². The Morgan fingerprint density at radius 3 is 2.85 bits per heavy atom. The van der Waals surface area contributed by atoms with Crippen LogP contribution in [0.5, 0.6) is 0 Å². The van der Waals surface area contributed by atoms with Crippen molar-refractivity contribution in [3.05, 3.63) is 45.4 Å². The Morgan fingerprint density at radius 1 is 1.35 bits per heavy atom. The minimum atomic E-state index is -3.40. The summed E-state index contributed by atoms with van der Waals surface area (Å²) in [5.74, 6) is -0.261. The second kappa shape index (κ2) is 8.02. The van der Waals surface area contributed by atoms with Crippen molar-refractivity contribution in [3.63, 3.8) is 0 Å². The molecule has 1 unspecified atom stereocenters. The van der Waals surface area contributed by atoms with Crippen molar-refractivity contribution in [1.29, 1.82) is 0 Å². The van der Waals surface area contributed by atoms with Crippen molar-refractivity contribution in [1.82, 2.24) is 14.5 Å². The second-order valence-corrected chi connectivity index (χ2v) is 9.72. The second-order valence-electron chi connectivity index (χ2n) is 6.26.